The quantitative estimate of drug-likeness (QED) is 0.762. The van der Waals surface area contributed by atoms with E-state index in [2.05, 4.69) is 0 Å². The number of rotatable bonds is 2. The molecule has 0 radical (unpaired) electrons. The maximum Gasteiger partial charge on any atom is 0.171 e. The highest BCUT2D eigenvalue weighted by Crippen LogP contribution is 2.38. The molecule has 1 aliphatic heterocycles. The van der Waals surface area contributed by atoms with Crippen molar-refractivity contribution in [1.29, 1.82) is 0 Å². The van der Waals surface area contributed by atoms with Gasteiger partial charge in [-0.25, -0.2) is 8.78 Å². The molecule has 19 heavy (non-hydrogen) atoms. The first-order valence-electron chi connectivity index (χ1n) is 7.32. The first-order valence-corrected chi connectivity index (χ1v) is 7.32. The Bertz CT molecular complexity index is 452. The number of hydrogen-bond donors (Lipinski definition) is 0. The van der Waals surface area contributed by atoms with Crippen molar-refractivity contribution < 1.29 is 13.5 Å². The predicted octanol–water partition coefficient (Wildman–Crippen LogP) is 4.57. The van der Waals surface area contributed by atoms with E-state index in [0.29, 0.717) is 11.7 Å². The van der Waals surface area contributed by atoms with Crippen molar-refractivity contribution in [3.63, 3.8) is 0 Å². The molecule has 104 valence electrons. The average molecular weight is 266 g/mol. The lowest BCUT2D eigenvalue weighted by Crippen LogP contribution is -2.32. The molecule has 0 saturated heterocycles. The van der Waals surface area contributed by atoms with Crippen LogP contribution in [0.1, 0.15) is 49.7 Å². The second-order valence-corrected chi connectivity index (χ2v) is 5.75. The molecule has 1 heterocycles. The van der Waals surface area contributed by atoms with Crippen LogP contribution in [0.4, 0.5) is 8.78 Å². The second-order valence-electron chi connectivity index (χ2n) is 5.75. The fraction of sp³-hybridized carbons (Fsp3) is 0.625. The third-order valence-corrected chi connectivity index (χ3v) is 4.55. The van der Waals surface area contributed by atoms with Gasteiger partial charge in [-0.1, -0.05) is 31.4 Å². The highest BCUT2D eigenvalue weighted by molar-refractivity contribution is 5.41. The molecule has 3 rings (SSSR count). The van der Waals surface area contributed by atoms with E-state index < -0.39 is 12.5 Å². The molecule has 1 unspecified atom stereocenters. The minimum Gasteiger partial charge on any atom is -0.487 e. The van der Waals surface area contributed by atoms with E-state index in [4.69, 9.17) is 4.74 Å². The summed E-state index contributed by atoms with van der Waals surface area (Å²) in [5, 5.41) is 0. The monoisotopic (exact) mass is 266 g/mol. The topological polar surface area (TPSA) is 9.23 Å². The molecule has 0 spiro atoms. The van der Waals surface area contributed by atoms with E-state index in [1.165, 1.54) is 32.1 Å². The van der Waals surface area contributed by atoms with Crippen molar-refractivity contribution >= 4 is 0 Å². The summed E-state index contributed by atoms with van der Waals surface area (Å²) in [6.45, 7) is -0.767. The molecular weight excluding hydrogens is 246 g/mol. The van der Waals surface area contributed by atoms with Gasteiger partial charge in [0.05, 0.1) is 0 Å². The molecule has 1 atom stereocenters. The number of halogens is 2. The third-order valence-electron chi connectivity index (χ3n) is 4.55. The van der Waals surface area contributed by atoms with Gasteiger partial charge >= 0.3 is 0 Å². The van der Waals surface area contributed by atoms with E-state index in [0.717, 1.165) is 18.4 Å². The van der Waals surface area contributed by atoms with Gasteiger partial charge in [0.15, 0.2) is 11.6 Å². The van der Waals surface area contributed by atoms with Crippen LogP contribution in [0.5, 0.6) is 5.75 Å². The maximum absolute atomic E-state index is 14.1. The zero-order chi connectivity index (χ0) is 13.2. The minimum absolute atomic E-state index is 0.114. The lowest BCUT2D eigenvalue weighted by molar-refractivity contribution is 0.0830. The Labute approximate surface area is 113 Å². The lowest BCUT2D eigenvalue weighted by Gasteiger charge is -2.34. The smallest absolute Gasteiger partial charge is 0.171 e. The fourth-order valence-corrected chi connectivity index (χ4v) is 3.41. The summed E-state index contributed by atoms with van der Waals surface area (Å²) in [6, 6.07) is 3.35. The number of aryl methyl sites for hydroxylation is 1. The standard InChI is InChI=1S/C16H20F2O/c17-10-13-7-6-12-8-9-14(19-16(12)15(13)18)11-4-2-1-3-5-11/h6-7,11,14H,1-5,8-10H2. The molecule has 1 aromatic carbocycles. The van der Waals surface area contributed by atoms with Gasteiger partial charge in [-0.15, -0.1) is 0 Å². The summed E-state index contributed by atoms with van der Waals surface area (Å²) in [4.78, 5) is 0. The summed E-state index contributed by atoms with van der Waals surface area (Å²) >= 11 is 0. The maximum atomic E-state index is 14.1. The Morgan fingerprint density at radius 2 is 1.89 bits per heavy atom. The van der Waals surface area contributed by atoms with Crippen LogP contribution in [0, 0.1) is 11.7 Å². The number of alkyl halides is 1. The first kappa shape index (κ1) is 12.9. The van der Waals surface area contributed by atoms with Gasteiger partial charge in [-0.05, 0) is 37.2 Å². The SMILES string of the molecule is FCc1ccc2c(c1F)OC(C1CCCCC1)CC2. The number of ether oxygens (including phenoxy) is 1. The molecule has 0 bridgehead atoms. The molecule has 0 N–H and O–H groups in total. The summed E-state index contributed by atoms with van der Waals surface area (Å²) in [6.07, 6.45) is 8.12. The van der Waals surface area contributed by atoms with Crippen molar-refractivity contribution in [2.75, 3.05) is 0 Å². The number of fused-ring (bicyclic) bond motifs is 1. The van der Waals surface area contributed by atoms with Crippen LogP contribution in [0.3, 0.4) is 0 Å². The first-order chi connectivity index (χ1) is 9.29. The van der Waals surface area contributed by atoms with Crippen LogP contribution in [0.25, 0.3) is 0 Å². The molecule has 1 aromatic rings. The Kier molecular flexibility index (Phi) is 3.72. The zero-order valence-electron chi connectivity index (χ0n) is 11.1. The highest BCUT2D eigenvalue weighted by Gasteiger charge is 2.30. The largest absolute Gasteiger partial charge is 0.487 e. The van der Waals surface area contributed by atoms with Crippen molar-refractivity contribution in [3.05, 3.63) is 29.1 Å². The Morgan fingerprint density at radius 1 is 1.11 bits per heavy atom. The van der Waals surface area contributed by atoms with Crippen molar-refractivity contribution in [1.82, 2.24) is 0 Å². The van der Waals surface area contributed by atoms with Gasteiger partial charge in [0, 0.05) is 5.56 Å². The van der Waals surface area contributed by atoms with Gasteiger partial charge in [0.2, 0.25) is 0 Å². The van der Waals surface area contributed by atoms with Gasteiger partial charge < -0.3 is 4.74 Å². The van der Waals surface area contributed by atoms with Gasteiger partial charge in [0.1, 0.15) is 12.8 Å². The van der Waals surface area contributed by atoms with Crippen LogP contribution >= 0.6 is 0 Å². The normalized spacial score (nSPS) is 23.8. The summed E-state index contributed by atoms with van der Waals surface area (Å²) in [7, 11) is 0. The molecule has 0 amide bonds. The van der Waals surface area contributed by atoms with Crippen LogP contribution in [0.2, 0.25) is 0 Å². The van der Waals surface area contributed by atoms with E-state index >= 15 is 0 Å². The third kappa shape index (κ3) is 2.47. The summed E-state index contributed by atoms with van der Waals surface area (Å²) < 4.78 is 32.7. The summed E-state index contributed by atoms with van der Waals surface area (Å²) in [5.41, 5.74) is 1.00. The molecule has 1 saturated carbocycles. The van der Waals surface area contributed by atoms with Crippen LogP contribution in [-0.2, 0) is 13.1 Å². The van der Waals surface area contributed by atoms with E-state index in [1.807, 2.05) is 6.07 Å². The van der Waals surface area contributed by atoms with Crippen molar-refractivity contribution in [2.24, 2.45) is 5.92 Å². The van der Waals surface area contributed by atoms with E-state index in [-0.39, 0.29) is 11.7 Å². The number of hydrogen-bond acceptors (Lipinski definition) is 1. The number of benzene rings is 1. The molecule has 1 nitrogen and oxygen atoms in total. The van der Waals surface area contributed by atoms with Crippen molar-refractivity contribution in [2.45, 2.75) is 57.7 Å². The van der Waals surface area contributed by atoms with Gasteiger partial charge in [-0.2, -0.15) is 0 Å². The molecule has 1 fully saturated rings. The Morgan fingerprint density at radius 3 is 2.63 bits per heavy atom. The Hall–Kier alpha value is -1.12. The molecule has 2 aliphatic rings. The minimum atomic E-state index is -0.767. The fourth-order valence-electron chi connectivity index (χ4n) is 3.41. The Balaban J connectivity index is 1.81. The average Bonchev–Trinajstić information content (AvgIpc) is 2.48. The van der Waals surface area contributed by atoms with Crippen molar-refractivity contribution in [3.8, 4) is 5.75 Å². The van der Waals surface area contributed by atoms with Gasteiger partial charge in [-0.3, -0.25) is 0 Å². The van der Waals surface area contributed by atoms with Crippen LogP contribution < -0.4 is 4.74 Å². The van der Waals surface area contributed by atoms with Crippen LogP contribution in [-0.4, -0.2) is 6.10 Å². The zero-order valence-corrected chi connectivity index (χ0v) is 11.1. The van der Waals surface area contributed by atoms with E-state index in [1.54, 1.807) is 6.07 Å². The molecular formula is C16H20F2O. The summed E-state index contributed by atoms with van der Waals surface area (Å²) in [5.74, 6) is 0.382. The molecule has 0 aromatic heterocycles. The van der Waals surface area contributed by atoms with Gasteiger partial charge in [0.25, 0.3) is 0 Å². The van der Waals surface area contributed by atoms with E-state index in [9.17, 15) is 8.78 Å². The van der Waals surface area contributed by atoms with Crippen LogP contribution in [0.15, 0.2) is 12.1 Å². The highest BCUT2D eigenvalue weighted by atomic mass is 19.1. The lowest BCUT2D eigenvalue weighted by atomic mass is 9.82. The second kappa shape index (κ2) is 5.48. The molecule has 3 heteroatoms. The predicted molar refractivity (Wildman–Crippen MR) is 70.5 cm³/mol. The molecule has 1 aliphatic carbocycles.